The lowest BCUT2D eigenvalue weighted by molar-refractivity contribution is -0.154. The zero-order valence-corrected chi connectivity index (χ0v) is 37.2. The van der Waals surface area contributed by atoms with Gasteiger partial charge in [-0.1, -0.05) is 184 Å². The molecule has 0 amide bonds. The summed E-state index contributed by atoms with van der Waals surface area (Å²) in [6.45, 7) is 3.40. The first kappa shape index (κ1) is 55.2. The Balaban J connectivity index is 4.15. The number of esters is 1. The van der Waals surface area contributed by atoms with Gasteiger partial charge in [-0.15, -0.1) is 0 Å². The second-order valence-corrected chi connectivity index (χ2v) is 16.5. The maximum absolute atomic E-state index is 12.6. The summed E-state index contributed by atoms with van der Waals surface area (Å²) in [6, 6.07) is 0. The van der Waals surface area contributed by atoms with Crippen LogP contribution in [0.5, 0.6) is 0 Å². The molecule has 9 nitrogen and oxygen atoms in total. The van der Waals surface area contributed by atoms with Crippen LogP contribution < -0.4 is 0 Å². The molecule has 0 bridgehead atoms. The van der Waals surface area contributed by atoms with Crippen molar-refractivity contribution in [1.29, 1.82) is 0 Å². The first-order chi connectivity index (χ1) is 27.8. The van der Waals surface area contributed by atoms with Crippen LogP contribution in [0.25, 0.3) is 0 Å². The van der Waals surface area contributed by atoms with Gasteiger partial charge < -0.3 is 24.6 Å². The van der Waals surface area contributed by atoms with Crippen molar-refractivity contribution in [2.45, 2.75) is 199 Å². The van der Waals surface area contributed by atoms with Crippen LogP contribution in [-0.2, 0) is 27.9 Å². The molecular weight excluding hydrogens is 739 g/mol. The van der Waals surface area contributed by atoms with Gasteiger partial charge in [0.05, 0.1) is 26.4 Å². The van der Waals surface area contributed by atoms with Crippen LogP contribution in [0.3, 0.4) is 0 Å². The Hall–Kier alpha value is -1.84. The number of rotatable bonds is 43. The highest BCUT2D eigenvalue weighted by molar-refractivity contribution is 7.47. The summed E-state index contributed by atoms with van der Waals surface area (Å²) in [5, 5.41) is 18.4. The van der Waals surface area contributed by atoms with E-state index in [0.717, 1.165) is 77.0 Å². The van der Waals surface area contributed by atoms with Gasteiger partial charge in [0.25, 0.3) is 0 Å². The zero-order chi connectivity index (χ0) is 41.8. The number of aliphatic hydroxyl groups excluding tert-OH is 2. The number of unbranched alkanes of at least 4 members (excludes halogenated alkanes) is 19. The predicted octanol–water partition coefficient (Wildman–Crippen LogP) is 12.8. The Morgan fingerprint density at radius 2 is 1.00 bits per heavy atom. The van der Waals surface area contributed by atoms with Gasteiger partial charge >= 0.3 is 13.8 Å². The molecule has 332 valence electrons. The summed E-state index contributed by atoms with van der Waals surface area (Å²) in [5.41, 5.74) is 0. The molecule has 0 aliphatic rings. The number of phosphoric acid groups is 1. The number of phosphoric ester groups is 1. The lowest BCUT2D eigenvalue weighted by Gasteiger charge is -2.20. The first-order valence-electron chi connectivity index (χ1n) is 22.8. The molecule has 0 radical (unpaired) electrons. The van der Waals surface area contributed by atoms with Gasteiger partial charge in [-0.25, -0.2) is 4.57 Å². The van der Waals surface area contributed by atoms with E-state index in [1.165, 1.54) is 83.5 Å². The Kier molecular flexibility index (Phi) is 42.3. The average molecular weight is 825 g/mol. The van der Waals surface area contributed by atoms with Crippen molar-refractivity contribution in [2.75, 3.05) is 33.0 Å². The van der Waals surface area contributed by atoms with Crippen LogP contribution in [0.1, 0.15) is 187 Å². The fourth-order valence-corrected chi connectivity index (χ4v) is 6.82. The predicted molar refractivity (Wildman–Crippen MR) is 237 cm³/mol. The van der Waals surface area contributed by atoms with E-state index < -0.39 is 39.2 Å². The van der Waals surface area contributed by atoms with Gasteiger partial charge in [-0.3, -0.25) is 13.8 Å². The second-order valence-electron chi connectivity index (χ2n) is 15.0. The van der Waals surface area contributed by atoms with Crippen LogP contribution in [0.15, 0.2) is 60.8 Å². The lowest BCUT2D eigenvalue weighted by atomic mass is 10.0. The van der Waals surface area contributed by atoms with E-state index in [1.54, 1.807) is 0 Å². The van der Waals surface area contributed by atoms with Gasteiger partial charge in [-0.05, 0) is 57.8 Å². The molecule has 0 aromatic heterocycles. The fourth-order valence-electron chi connectivity index (χ4n) is 6.03. The van der Waals surface area contributed by atoms with Crippen molar-refractivity contribution in [3.05, 3.63) is 60.8 Å². The summed E-state index contributed by atoms with van der Waals surface area (Å²) >= 11 is 0. The second kappa shape index (κ2) is 43.7. The van der Waals surface area contributed by atoms with E-state index in [-0.39, 0.29) is 19.6 Å². The van der Waals surface area contributed by atoms with E-state index >= 15 is 0 Å². The summed E-state index contributed by atoms with van der Waals surface area (Å²) in [6.07, 6.45) is 50.3. The summed E-state index contributed by atoms with van der Waals surface area (Å²) in [7, 11) is -4.52. The van der Waals surface area contributed by atoms with Crippen molar-refractivity contribution in [1.82, 2.24) is 0 Å². The highest BCUT2D eigenvalue weighted by Gasteiger charge is 2.26. The third-order valence-corrected chi connectivity index (χ3v) is 10.4. The molecule has 0 saturated carbocycles. The van der Waals surface area contributed by atoms with Crippen molar-refractivity contribution in [3.8, 4) is 0 Å². The Bertz CT molecular complexity index is 1070. The quantitative estimate of drug-likeness (QED) is 0.0238. The Morgan fingerprint density at radius 3 is 1.51 bits per heavy atom. The molecular formula is C47H85O9P. The maximum atomic E-state index is 12.6. The zero-order valence-electron chi connectivity index (χ0n) is 36.3. The number of aliphatic hydroxyl groups is 2. The minimum Gasteiger partial charge on any atom is -0.457 e. The number of hydrogen-bond donors (Lipinski definition) is 3. The van der Waals surface area contributed by atoms with Gasteiger partial charge in [0.15, 0.2) is 0 Å². The molecule has 0 aliphatic heterocycles. The van der Waals surface area contributed by atoms with E-state index in [2.05, 4.69) is 74.6 Å². The number of carbonyl (C=O) groups excluding carboxylic acids is 1. The van der Waals surface area contributed by atoms with Crippen molar-refractivity contribution >= 4 is 13.8 Å². The molecule has 0 fully saturated rings. The molecule has 0 rings (SSSR count). The van der Waals surface area contributed by atoms with Crippen LogP contribution in [0.4, 0.5) is 0 Å². The molecule has 0 saturated heterocycles. The summed E-state index contributed by atoms with van der Waals surface area (Å²) < 4.78 is 33.4. The largest absolute Gasteiger partial charge is 0.472 e. The third-order valence-electron chi connectivity index (χ3n) is 9.47. The van der Waals surface area contributed by atoms with Crippen molar-refractivity contribution < 1.29 is 43.0 Å². The van der Waals surface area contributed by atoms with E-state index in [1.807, 2.05) is 0 Å². The van der Waals surface area contributed by atoms with Crippen LogP contribution >= 0.6 is 7.82 Å². The van der Waals surface area contributed by atoms with E-state index in [4.69, 9.17) is 23.6 Å². The number of ether oxygens (including phenoxy) is 2. The maximum Gasteiger partial charge on any atom is 0.472 e. The molecule has 0 heterocycles. The Labute approximate surface area is 349 Å². The normalized spacial score (nSPS) is 14.5. The monoisotopic (exact) mass is 825 g/mol. The first-order valence-corrected chi connectivity index (χ1v) is 24.3. The molecule has 3 unspecified atom stereocenters. The number of hydrogen-bond acceptors (Lipinski definition) is 8. The SMILES string of the molecule is CC/C=C\C/C=C\C/C=C\C/C=C\C/C=C\CCCCCCCCCC(=O)OC(COCCCCCCCCCCCCCCC)COP(=O)(O)OCC(O)CO. The van der Waals surface area contributed by atoms with Gasteiger partial charge in [0.2, 0.25) is 0 Å². The fraction of sp³-hybridized carbons (Fsp3) is 0.766. The highest BCUT2D eigenvalue weighted by atomic mass is 31.2. The lowest BCUT2D eigenvalue weighted by Crippen LogP contribution is -2.29. The minimum atomic E-state index is -4.52. The van der Waals surface area contributed by atoms with Crippen molar-refractivity contribution in [3.63, 3.8) is 0 Å². The molecule has 3 atom stereocenters. The average Bonchev–Trinajstić information content (AvgIpc) is 3.20. The molecule has 3 N–H and O–H groups in total. The topological polar surface area (TPSA) is 132 Å². The minimum absolute atomic E-state index is 0.0445. The van der Waals surface area contributed by atoms with Crippen LogP contribution in [0, 0.1) is 0 Å². The van der Waals surface area contributed by atoms with E-state index in [9.17, 15) is 19.4 Å². The summed E-state index contributed by atoms with van der Waals surface area (Å²) in [4.78, 5) is 22.6. The molecule has 10 heteroatoms. The molecule has 0 aromatic rings. The molecule has 0 aliphatic carbocycles. The smallest absolute Gasteiger partial charge is 0.457 e. The van der Waals surface area contributed by atoms with Gasteiger partial charge in [0.1, 0.15) is 12.2 Å². The van der Waals surface area contributed by atoms with Crippen LogP contribution in [0.2, 0.25) is 0 Å². The highest BCUT2D eigenvalue weighted by Crippen LogP contribution is 2.43. The summed E-state index contributed by atoms with van der Waals surface area (Å²) in [5.74, 6) is -0.394. The van der Waals surface area contributed by atoms with Crippen LogP contribution in [-0.4, -0.2) is 66.3 Å². The number of carbonyl (C=O) groups is 1. The molecule has 57 heavy (non-hydrogen) atoms. The Morgan fingerprint density at radius 1 is 0.561 bits per heavy atom. The standard InChI is InChI=1S/C47H85O9P/c1-3-5-7-9-11-13-15-17-18-19-20-21-22-23-24-25-26-27-29-31-33-35-37-39-47(50)56-46(44-55-57(51,52)54-42-45(49)41-48)43-53-40-38-36-34-32-30-28-16-14-12-10-8-6-4-2/h5,7,11,13,17-18,20-21,23-24,45-46,48-49H,3-4,6,8-10,12,14-16,19,22,25-44H2,1-2H3,(H,51,52)/b7-5-,13-11-,18-17-,21-20-,24-23-. The molecule has 0 aromatic carbocycles. The van der Waals surface area contributed by atoms with Gasteiger partial charge in [-0.2, -0.15) is 0 Å². The molecule has 0 spiro atoms. The number of allylic oxidation sites excluding steroid dienone is 10. The van der Waals surface area contributed by atoms with Gasteiger partial charge in [0, 0.05) is 13.0 Å². The van der Waals surface area contributed by atoms with Crippen molar-refractivity contribution in [2.24, 2.45) is 0 Å². The third kappa shape index (κ3) is 43.6. The van der Waals surface area contributed by atoms with E-state index in [0.29, 0.717) is 13.0 Å².